The van der Waals surface area contributed by atoms with Crippen LogP contribution in [0.5, 0.6) is 0 Å². The molecule has 0 aliphatic carbocycles. The largest absolute Gasteiger partial charge is 0.399 e. The quantitative estimate of drug-likeness (QED) is 0.743. The Labute approximate surface area is 91.4 Å². The van der Waals surface area contributed by atoms with E-state index in [2.05, 4.69) is 36.2 Å². The number of hydrogen-bond donors (Lipinski definition) is 1. The van der Waals surface area contributed by atoms with Crippen molar-refractivity contribution in [3.8, 4) is 0 Å². The summed E-state index contributed by atoms with van der Waals surface area (Å²) in [5.74, 6) is 0.660. The number of nitrogens with zero attached hydrogens (tertiary/aromatic N) is 2. The molecule has 0 spiro atoms. The summed E-state index contributed by atoms with van der Waals surface area (Å²) >= 11 is 0. The highest BCUT2D eigenvalue weighted by molar-refractivity contribution is 5.40. The van der Waals surface area contributed by atoms with Crippen molar-refractivity contribution < 1.29 is 0 Å². The number of nitrogens with two attached hydrogens (primary N) is 1. The minimum absolute atomic E-state index is 0.660. The average Bonchev–Trinajstić information content (AvgIpc) is 2.68. The topological polar surface area (TPSA) is 32.5 Å². The van der Waals surface area contributed by atoms with E-state index < -0.39 is 0 Å². The van der Waals surface area contributed by atoms with Crippen LogP contribution >= 0.6 is 0 Å². The van der Waals surface area contributed by atoms with E-state index in [9.17, 15) is 0 Å². The summed E-state index contributed by atoms with van der Waals surface area (Å²) in [7, 11) is 4.21. The zero-order valence-electron chi connectivity index (χ0n) is 9.48. The summed E-state index contributed by atoms with van der Waals surface area (Å²) in [6.07, 6.45) is 1.24. The molecular formula is C12H19N3. The summed E-state index contributed by atoms with van der Waals surface area (Å²) in [4.78, 5) is 0. The van der Waals surface area contributed by atoms with Gasteiger partial charge in [-0.15, -0.1) is 0 Å². The molecule has 2 N–H and O–H groups in total. The molecule has 1 aromatic rings. The third-order valence-electron chi connectivity index (χ3n) is 3.14. The van der Waals surface area contributed by atoms with E-state index in [0.717, 1.165) is 18.8 Å². The van der Waals surface area contributed by atoms with Crippen LogP contribution in [0.15, 0.2) is 24.3 Å². The van der Waals surface area contributed by atoms with Gasteiger partial charge in [-0.1, -0.05) is 12.1 Å². The highest BCUT2D eigenvalue weighted by Crippen LogP contribution is 2.27. The van der Waals surface area contributed by atoms with Crippen molar-refractivity contribution in [2.24, 2.45) is 0 Å². The average molecular weight is 205 g/mol. The molecule has 0 amide bonds. The van der Waals surface area contributed by atoms with Gasteiger partial charge in [-0.2, -0.15) is 0 Å². The lowest BCUT2D eigenvalue weighted by Crippen LogP contribution is -2.34. The van der Waals surface area contributed by atoms with Crippen molar-refractivity contribution in [2.45, 2.75) is 12.3 Å². The highest BCUT2D eigenvalue weighted by Gasteiger charge is 2.24. The van der Waals surface area contributed by atoms with E-state index in [4.69, 9.17) is 5.73 Å². The molecule has 2 rings (SSSR count). The first-order chi connectivity index (χ1) is 7.16. The molecule has 1 aliphatic heterocycles. The van der Waals surface area contributed by atoms with Crippen LogP contribution in [0, 0.1) is 0 Å². The van der Waals surface area contributed by atoms with Crippen LogP contribution in [0.4, 0.5) is 5.69 Å². The zero-order valence-corrected chi connectivity index (χ0v) is 9.48. The van der Waals surface area contributed by atoms with Gasteiger partial charge in [-0.25, -0.2) is 10.0 Å². The van der Waals surface area contributed by atoms with Gasteiger partial charge in [-0.3, -0.25) is 0 Å². The van der Waals surface area contributed by atoms with Crippen LogP contribution < -0.4 is 5.73 Å². The Balaban J connectivity index is 2.04. The number of benzene rings is 1. The van der Waals surface area contributed by atoms with Crippen LogP contribution in [0.1, 0.15) is 17.9 Å². The van der Waals surface area contributed by atoms with Crippen molar-refractivity contribution in [2.75, 3.05) is 32.9 Å². The number of nitrogen functional groups attached to an aromatic ring is 1. The summed E-state index contributed by atoms with van der Waals surface area (Å²) < 4.78 is 0. The molecule has 15 heavy (non-hydrogen) atoms. The summed E-state index contributed by atoms with van der Waals surface area (Å²) in [5, 5.41) is 4.55. The molecule has 1 fully saturated rings. The fourth-order valence-electron chi connectivity index (χ4n) is 2.15. The van der Waals surface area contributed by atoms with Crippen molar-refractivity contribution in [3.63, 3.8) is 0 Å². The lowest BCUT2D eigenvalue weighted by atomic mass is 9.98. The zero-order chi connectivity index (χ0) is 10.8. The minimum atomic E-state index is 0.660. The molecule has 0 bridgehead atoms. The molecule has 1 atom stereocenters. The van der Waals surface area contributed by atoms with E-state index in [0.29, 0.717) is 5.92 Å². The summed E-state index contributed by atoms with van der Waals surface area (Å²) in [5.41, 5.74) is 7.94. The summed E-state index contributed by atoms with van der Waals surface area (Å²) in [6, 6.07) is 8.29. The highest BCUT2D eigenvalue weighted by atomic mass is 15.6. The van der Waals surface area contributed by atoms with Gasteiger partial charge in [0.2, 0.25) is 0 Å². The van der Waals surface area contributed by atoms with Crippen molar-refractivity contribution in [1.82, 2.24) is 10.0 Å². The Morgan fingerprint density at radius 1 is 1.27 bits per heavy atom. The Kier molecular flexibility index (Phi) is 2.93. The molecule has 0 saturated carbocycles. The first-order valence-corrected chi connectivity index (χ1v) is 5.44. The molecule has 1 saturated heterocycles. The number of anilines is 1. The van der Waals surface area contributed by atoms with E-state index in [1.54, 1.807) is 0 Å². The van der Waals surface area contributed by atoms with E-state index in [1.165, 1.54) is 12.0 Å². The molecule has 0 aromatic heterocycles. The Morgan fingerprint density at radius 2 is 1.93 bits per heavy atom. The van der Waals surface area contributed by atoms with Crippen LogP contribution in [-0.4, -0.2) is 37.2 Å². The lowest BCUT2D eigenvalue weighted by Gasteiger charge is -2.23. The van der Waals surface area contributed by atoms with E-state index >= 15 is 0 Å². The third kappa shape index (κ3) is 2.30. The SMILES string of the molecule is CN(C)N1CCC(c2ccc(N)cc2)C1. The second-order valence-corrected chi connectivity index (χ2v) is 4.41. The van der Waals surface area contributed by atoms with Gasteiger partial charge < -0.3 is 5.73 Å². The Hall–Kier alpha value is -1.06. The fourth-order valence-corrected chi connectivity index (χ4v) is 2.15. The predicted molar refractivity (Wildman–Crippen MR) is 63.5 cm³/mol. The maximum atomic E-state index is 5.68. The van der Waals surface area contributed by atoms with Gasteiger partial charge in [0.05, 0.1) is 0 Å². The third-order valence-corrected chi connectivity index (χ3v) is 3.14. The van der Waals surface area contributed by atoms with Gasteiger partial charge >= 0.3 is 0 Å². The summed E-state index contributed by atoms with van der Waals surface area (Å²) in [6.45, 7) is 2.28. The van der Waals surface area contributed by atoms with Crippen LogP contribution in [-0.2, 0) is 0 Å². The smallest absolute Gasteiger partial charge is 0.0314 e. The van der Waals surface area contributed by atoms with Crippen molar-refractivity contribution >= 4 is 5.69 Å². The first kappa shape index (κ1) is 10.5. The van der Waals surface area contributed by atoms with Crippen LogP contribution in [0.25, 0.3) is 0 Å². The molecule has 3 heteroatoms. The minimum Gasteiger partial charge on any atom is -0.399 e. The van der Waals surface area contributed by atoms with Crippen molar-refractivity contribution in [3.05, 3.63) is 29.8 Å². The predicted octanol–water partition coefficient (Wildman–Crippen LogP) is 1.53. The molecule has 82 valence electrons. The van der Waals surface area contributed by atoms with Gasteiger partial charge in [0, 0.05) is 32.9 Å². The van der Waals surface area contributed by atoms with Gasteiger partial charge in [-0.05, 0) is 30.0 Å². The van der Waals surface area contributed by atoms with E-state index in [1.807, 2.05) is 12.1 Å². The molecular weight excluding hydrogens is 186 g/mol. The van der Waals surface area contributed by atoms with E-state index in [-0.39, 0.29) is 0 Å². The molecule has 1 aromatic carbocycles. The Morgan fingerprint density at radius 3 is 2.47 bits per heavy atom. The second kappa shape index (κ2) is 4.21. The molecule has 1 heterocycles. The number of hydrazine groups is 1. The van der Waals surface area contributed by atoms with Crippen LogP contribution in [0.3, 0.4) is 0 Å². The number of hydrogen-bond acceptors (Lipinski definition) is 3. The number of rotatable bonds is 2. The first-order valence-electron chi connectivity index (χ1n) is 5.44. The molecule has 0 radical (unpaired) electrons. The monoisotopic (exact) mass is 205 g/mol. The standard InChI is InChI=1S/C12H19N3/c1-14(2)15-8-7-11(9-15)10-3-5-12(13)6-4-10/h3-6,11H,7-9,13H2,1-2H3. The van der Waals surface area contributed by atoms with Gasteiger partial charge in [0.15, 0.2) is 0 Å². The normalized spacial score (nSPS) is 22.5. The van der Waals surface area contributed by atoms with Crippen molar-refractivity contribution in [1.29, 1.82) is 0 Å². The molecule has 1 aliphatic rings. The van der Waals surface area contributed by atoms with Gasteiger partial charge in [0.1, 0.15) is 0 Å². The molecule has 3 nitrogen and oxygen atoms in total. The van der Waals surface area contributed by atoms with Gasteiger partial charge in [0.25, 0.3) is 0 Å². The Bertz CT molecular complexity index is 318. The fraction of sp³-hybridized carbons (Fsp3) is 0.500. The lowest BCUT2D eigenvalue weighted by molar-refractivity contribution is 0.0521. The molecule has 1 unspecified atom stereocenters. The maximum Gasteiger partial charge on any atom is 0.0314 e. The second-order valence-electron chi connectivity index (χ2n) is 4.41. The maximum absolute atomic E-state index is 5.68. The van der Waals surface area contributed by atoms with Crippen LogP contribution in [0.2, 0.25) is 0 Å².